The Morgan fingerprint density at radius 3 is 2.62 bits per heavy atom. The van der Waals surface area contributed by atoms with Crippen molar-refractivity contribution < 1.29 is 14.2 Å². The molecule has 0 bridgehead atoms. The summed E-state index contributed by atoms with van der Waals surface area (Å²) in [6.07, 6.45) is 1.75. The fourth-order valence-corrected chi connectivity index (χ4v) is 2.12. The molecule has 0 aliphatic carbocycles. The molecule has 0 spiro atoms. The molecule has 1 aliphatic heterocycles. The molecule has 1 saturated heterocycles. The van der Waals surface area contributed by atoms with Gasteiger partial charge in [-0.3, -0.25) is 0 Å². The Bertz CT molecular complexity index is 370. The van der Waals surface area contributed by atoms with Crippen LogP contribution in [0.4, 0.5) is 4.39 Å². The number of benzene rings is 1. The van der Waals surface area contributed by atoms with E-state index in [1.54, 1.807) is 6.07 Å². The second kappa shape index (κ2) is 4.52. The van der Waals surface area contributed by atoms with Crippen molar-refractivity contribution in [2.24, 2.45) is 0 Å². The van der Waals surface area contributed by atoms with Crippen molar-refractivity contribution in [3.63, 3.8) is 0 Å². The van der Waals surface area contributed by atoms with Crippen molar-refractivity contribution in [2.45, 2.75) is 31.8 Å². The zero-order chi connectivity index (χ0) is 11.6. The van der Waals surface area contributed by atoms with Gasteiger partial charge in [0.25, 0.3) is 0 Å². The third-order valence-corrected chi connectivity index (χ3v) is 3.29. The van der Waals surface area contributed by atoms with Crippen LogP contribution in [0.3, 0.4) is 0 Å². The molecule has 1 heterocycles. The minimum atomic E-state index is -0.911. The Morgan fingerprint density at radius 1 is 1.38 bits per heavy atom. The summed E-state index contributed by atoms with van der Waals surface area (Å²) in [7, 11) is 0. The van der Waals surface area contributed by atoms with Crippen LogP contribution in [-0.4, -0.2) is 18.3 Å². The summed E-state index contributed by atoms with van der Waals surface area (Å²) in [6, 6.07) is 5.05. The van der Waals surface area contributed by atoms with Crippen molar-refractivity contribution in [1.82, 2.24) is 0 Å². The number of aliphatic hydroxyl groups is 1. The van der Waals surface area contributed by atoms with E-state index in [2.05, 4.69) is 0 Å². The second-order valence-electron chi connectivity index (χ2n) is 4.30. The highest BCUT2D eigenvalue weighted by molar-refractivity contribution is 5.29. The Balaban J connectivity index is 2.29. The summed E-state index contributed by atoms with van der Waals surface area (Å²) in [5, 5.41) is 10.4. The first-order valence-corrected chi connectivity index (χ1v) is 5.75. The molecular formula is C13H17FO2. The van der Waals surface area contributed by atoms with Gasteiger partial charge in [-0.2, -0.15) is 0 Å². The van der Waals surface area contributed by atoms with Crippen molar-refractivity contribution in [1.29, 1.82) is 0 Å². The molecule has 0 radical (unpaired) electrons. The summed E-state index contributed by atoms with van der Waals surface area (Å²) in [5.41, 5.74) is 0.454. The molecular weight excluding hydrogens is 207 g/mol. The summed E-state index contributed by atoms with van der Waals surface area (Å²) in [4.78, 5) is 0. The maximum absolute atomic E-state index is 13.6. The van der Waals surface area contributed by atoms with Crippen molar-refractivity contribution in [3.8, 4) is 0 Å². The maximum Gasteiger partial charge on any atom is 0.126 e. The summed E-state index contributed by atoms with van der Waals surface area (Å²) < 4.78 is 18.8. The van der Waals surface area contributed by atoms with E-state index in [9.17, 15) is 9.50 Å². The van der Waals surface area contributed by atoms with E-state index in [1.165, 1.54) is 6.07 Å². The average Bonchev–Trinajstić information content (AvgIpc) is 2.30. The number of ether oxygens (including phenoxy) is 1. The normalized spacial score (nSPS) is 19.7. The lowest BCUT2D eigenvalue weighted by Gasteiger charge is -2.32. The van der Waals surface area contributed by atoms with Crippen LogP contribution in [0.1, 0.15) is 30.9 Å². The van der Waals surface area contributed by atoms with Gasteiger partial charge in [0, 0.05) is 26.1 Å². The standard InChI is InChI=1S/C13H17FO2/c1-2-10-3-4-11(9-12(10)14)13(15)5-7-16-8-6-13/h3-4,9,15H,2,5-8H2,1H3. The average molecular weight is 224 g/mol. The molecule has 2 rings (SSSR count). The fourth-order valence-electron chi connectivity index (χ4n) is 2.12. The number of hydrogen-bond acceptors (Lipinski definition) is 2. The van der Waals surface area contributed by atoms with Crippen LogP contribution in [0.15, 0.2) is 18.2 Å². The van der Waals surface area contributed by atoms with Crippen molar-refractivity contribution in [3.05, 3.63) is 35.1 Å². The van der Waals surface area contributed by atoms with E-state index >= 15 is 0 Å². The number of aryl methyl sites for hydroxylation is 1. The molecule has 88 valence electrons. The molecule has 1 aromatic rings. The molecule has 0 aromatic heterocycles. The van der Waals surface area contributed by atoms with Crippen LogP contribution < -0.4 is 0 Å². The second-order valence-corrected chi connectivity index (χ2v) is 4.30. The molecule has 1 N–H and O–H groups in total. The predicted octanol–water partition coefficient (Wildman–Crippen LogP) is 2.39. The number of hydrogen-bond donors (Lipinski definition) is 1. The highest BCUT2D eigenvalue weighted by atomic mass is 19.1. The van der Waals surface area contributed by atoms with Gasteiger partial charge in [0.2, 0.25) is 0 Å². The van der Waals surface area contributed by atoms with Crippen LogP contribution in [0.25, 0.3) is 0 Å². The topological polar surface area (TPSA) is 29.5 Å². The van der Waals surface area contributed by atoms with Crippen LogP contribution in [0, 0.1) is 5.82 Å². The Kier molecular flexibility index (Phi) is 3.26. The van der Waals surface area contributed by atoms with Gasteiger partial charge in [-0.25, -0.2) is 4.39 Å². The SMILES string of the molecule is CCc1ccc(C2(O)CCOCC2)cc1F. The van der Waals surface area contributed by atoms with Gasteiger partial charge in [-0.05, 0) is 23.6 Å². The van der Waals surface area contributed by atoms with Gasteiger partial charge in [-0.1, -0.05) is 19.1 Å². The van der Waals surface area contributed by atoms with Crippen LogP contribution in [0.5, 0.6) is 0 Å². The van der Waals surface area contributed by atoms with E-state index in [0.717, 1.165) is 0 Å². The first kappa shape index (κ1) is 11.6. The lowest BCUT2D eigenvalue weighted by atomic mass is 9.86. The largest absolute Gasteiger partial charge is 0.385 e. The smallest absolute Gasteiger partial charge is 0.126 e. The lowest BCUT2D eigenvalue weighted by Crippen LogP contribution is -2.33. The highest BCUT2D eigenvalue weighted by Crippen LogP contribution is 2.32. The summed E-state index contributed by atoms with van der Waals surface area (Å²) in [5.74, 6) is -0.222. The Hall–Kier alpha value is -0.930. The minimum Gasteiger partial charge on any atom is -0.385 e. The Morgan fingerprint density at radius 2 is 2.06 bits per heavy atom. The first-order valence-electron chi connectivity index (χ1n) is 5.75. The molecule has 0 saturated carbocycles. The monoisotopic (exact) mass is 224 g/mol. The number of rotatable bonds is 2. The van der Waals surface area contributed by atoms with Gasteiger partial charge < -0.3 is 9.84 Å². The molecule has 1 aromatic carbocycles. The van der Waals surface area contributed by atoms with Crippen LogP contribution >= 0.6 is 0 Å². The minimum absolute atomic E-state index is 0.222. The van der Waals surface area contributed by atoms with Gasteiger partial charge in [-0.15, -0.1) is 0 Å². The third kappa shape index (κ3) is 2.11. The van der Waals surface area contributed by atoms with Crippen LogP contribution in [0.2, 0.25) is 0 Å². The summed E-state index contributed by atoms with van der Waals surface area (Å²) in [6.45, 7) is 2.99. The lowest BCUT2D eigenvalue weighted by molar-refractivity contribution is -0.0680. The molecule has 1 aliphatic rings. The fraction of sp³-hybridized carbons (Fsp3) is 0.538. The van der Waals surface area contributed by atoms with Crippen LogP contribution in [-0.2, 0) is 16.8 Å². The van der Waals surface area contributed by atoms with Gasteiger partial charge in [0.15, 0.2) is 0 Å². The molecule has 0 amide bonds. The van der Waals surface area contributed by atoms with Crippen molar-refractivity contribution in [2.75, 3.05) is 13.2 Å². The summed E-state index contributed by atoms with van der Waals surface area (Å²) >= 11 is 0. The van der Waals surface area contributed by atoms with Crippen molar-refractivity contribution >= 4 is 0 Å². The van der Waals surface area contributed by atoms with E-state index < -0.39 is 5.60 Å². The number of halogens is 1. The van der Waals surface area contributed by atoms with E-state index in [4.69, 9.17) is 4.74 Å². The quantitative estimate of drug-likeness (QED) is 0.835. The predicted molar refractivity (Wildman–Crippen MR) is 59.7 cm³/mol. The van der Waals surface area contributed by atoms with Gasteiger partial charge in [0.05, 0.1) is 5.60 Å². The molecule has 16 heavy (non-hydrogen) atoms. The highest BCUT2D eigenvalue weighted by Gasteiger charge is 2.32. The Labute approximate surface area is 95.1 Å². The van der Waals surface area contributed by atoms with E-state index in [-0.39, 0.29) is 5.82 Å². The molecule has 2 nitrogen and oxygen atoms in total. The molecule has 3 heteroatoms. The third-order valence-electron chi connectivity index (χ3n) is 3.29. The molecule has 0 unspecified atom stereocenters. The maximum atomic E-state index is 13.6. The van der Waals surface area contributed by atoms with Gasteiger partial charge >= 0.3 is 0 Å². The zero-order valence-electron chi connectivity index (χ0n) is 9.50. The molecule has 1 fully saturated rings. The molecule has 0 atom stereocenters. The van der Waals surface area contributed by atoms with E-state index in [1.807, 2.05) is 13.0 Å². The van der Waals surface area contributed by atoms with Gasteiger partial charge in [0.1, 0.15) is 5.82 Å². The zero-order valence-corrected chi connectivity index (χ0v) is 9.50. The first-order chi connectivity index (χ1) is 7.65. The van der Waals surface area contributed by atoms with E-state index in [0.29, 0.717) is 43.6 Å².